The van der Waals surface area contributed by atoms with Crippen molar-refractivity contribution < 1.29 is 5.11 Å². The maximum absolute atomic E-state index is 9.33. The first-order valence-electron chi connectivity index (χ1n) is 6.01. The quantitative estimate of drug-likeness (QED) is 0.789. The predicted octanol–water partition coefficient (Wildman–Crippen LogP) is 4.05. The lowest BCUT2D eigenvalue weighted by atomic mass is 9.86. The van der Waals surface area contributed by atoms with Crippen LogP contribution in [-0.2, 0) is 6.42 Å². The van der Waals surface area contributed by atoms with Crippen LogP contribution in [0.5, 0.6) is 5.75 Å². The van der Waals surface area contributed by atoms with Gasteiger partial charge in [-0.15, -0.1) is 0 Å². The maximum atomic E-state index is 9.33. The molecule has 0 bridgehead atoms. The van der Waals surface area contributed by atoms with Gasteiger partial charge >= 0.3 is 0 Å². The molecule has 3 rings (SSSR count). The fourth-order valence-corrected chi connectivity index (χ4v) is 2.39. The number of rotatable bonds is 1. The van der Waals surface area contributed by atoms with Gasteiger partial charge in [0.05, 0.1) is 0 Å². The van der Waals surface area contributed by atoms with Crippen LogP contribution in [0.15, 0.2) is 61.2 Å². The Bertz CT molecular complexity index is 633. The van der Waals surface area contributed by atoms with Gasteiger partial charge in [-0.3, -0.25) is 0 Å². The Labute approximate surface area is 107 Å². The summed E-state index contributed by atoms with van der Waals surface area (Å²) in [6.07, 6.45) is 3.05. The summed E-state index contributed by atoms with van der Waals surface area (Å²) in [6.45, 7) is 4.12. The Balaban J connectivity index is 2.02. The van der Waals surface area contributed by atoms with E-state index >= 15 is 0 Å². The van der Waals surface area contributed by atoms with Gasteiger partial charge < -0.3 is 5.11 Å². The second kappa shape index (κ2) is 4.19. The molecule has 1 N–H and O–H groups in total. The van der Waals surface area contributed by atoms with Gasteiger partial charge in [0, 0.05) is 0 Å². The van der Waals surface area contributed by atoms with Crippen LogP contribution in [0, 0.1) is 0 Å². The monoisotopic (exact) mass is 234 g/mol. The summed E-state index contributed by atoms with van der Waals surface area (Å²) in [5.74, 6) is 0.300. The van der Waals surface area contributed by atoms with Crippen molar-refractivity contribution in [1.82, 2.24) is 0 Å². The highest BCUT2D eigenvalue weighted by Gasteiger charge is 2.14. The van der Waals surface area contributed by atoms with E-state index < -0.39 is 0 Å². The molecule has 2 aromatic rings. The first-order chi connectivity index (χ1) is 8.74. The molecule has 0 atom stereocenters. The van der Waals surface area contributed by atoms with E-state index in [0.717, 1.165) is 17.6 Å². The van der Waals surface area contributed by atoms with Crippen LogP contribution in [0.4, 0.5) is 0 Å². The van der Waals surface area contributed by atoms with Crippen molar-refractivity contribution in [3.8, 4) is 5.75 Å². The van der Waals surface area contributed by atoms with Gasteiger partial charge in [-0.05, 0) is 46.4 Å². The maximum Gasteiger partial charge on any atom is 0.115 e. The molecule has 0 radical (unpaired) electrons. The normalized spacial score (nSPS) is 14.0. The number of hydrogen-bond acceptors (Lipinski definition) is 1. The van der Waals surface area contributed by atoms with E-state index in [1.165, 1.54) is 16.7 Å². The molecule has 0 saturated carbocycles. The Morgan fingerprint density at radius 3 is 2.44 bits per heavy atom. The van der Waals surface area contributed by atoms with Gasteiger partial charge in [0.15, 0.2) is 0 Å². The molecule has 0 amide bonds. The van der Waals surface area contributed by atoms with E-state index in [1.807, 2.05) is 18.2 Å². The zero-order chi connectivity index (χ0) is 12.5. The zero-order valence-corrected chi connectivity index (χ0v) is 10.1. The van der Waals surface area contributed by atoms with Crippen LogP contribution in [0.25, 0.3) is 11.1 Å². The molecule has 0 spiro atoms. The van der Waals surface area contributed by atoms with Gasteiger partial charge in [0.25, 0.3) is 0 Å². The number of allylic oxidation sites excluding steroid dienone is 3. The molecular formula is C17H14O. The number of benzene rings is 2. The SMILES string of the molecule is C=C1C=C(c2ccc(O)cc2)Cc2ccccc21. The lowest BCUT2D eigenvalue weighted by molar-refractivity contribution is 0.475. The molecule has 0 heterocycles. The molecule has 1 aliphatic carbocycles. The van der Waals surface area contributed by atoms with Gasteiger partial charge in [0.1, 0.15) is 5.75 Å². The first-order valence-corrected chi connectivity index (χ1v) is 6.01. The van der Waals surface area contributed by atoms with E-state index in [0.29, 0.717) is 5.75 Å². The summed E-state index contributed by atoms with van der Waals surface area (Å²) >= 11 is 0. The van der Waals surface area contributed by atoms with Gasteiger partial charge in [-0.2, -0.15) is 0 Å². The van der Waals surface area contributed by atoms with Gasteiger partial charge in [0.2, 0.25) is 0 Å². The zero-order valence-electron chi connectivity index (χ0n) is 10.1. The van der Waals surface area contributed by atoms with E-state index in [2.05, 4.69) is 30.9 Å². The summed E-state index contributed by atoms with van der Waals surface area (Å²) in [7, 11) is 0. The summed E-state index contributed by atoms with van der Waals surface area (Å²) in [5, 5.41) is 9.33. The van der Waals surface area contributed by atoms with Crippen molar-refractivity contribution in [2.45, 2.75) is 6.42 Å². The fourth-order valence-electron chi connectivity index (χ4n) is 2.39. The van der Waals surface area contributed by atoms with Crippen LogP contribution < -0.4 is 0 Å². The summed E-state index contributed by atoms with van der Waals surface area (Å²) in [6, 6.07) is 15.7. The minimum atomic E-state index is 0.300. The lowest BCUT2D eigenvalue weighted by Gasteiger charge is -2.19. The number of phenolic OH excluding ortho intramolecular Hbond substituents is 1. The molecule has 18 heavy (non-hydrogen) atoms. The Hall–Kier alpha value is -2.28. The van der Waals surface area contributed by atoms with Crippen LogP contribution >= 0.6 is 0 Å². The van der Waals surface area contributed by atoms with Gasteiger partial charge in [-0.25, -0.2) is 0 Å². The van der Waals surface area contributed by atoms with Crippen molar-refractivity contribution in [2.75, 3.05) is 0 Å². The topological polar surface area (TPSA) is 20.2 Å². The predicted molar refractivity (Wildman–Crippen MR) is 75.3 cm³/mol. The molecule has 88 valence electrons. The lowest BCUT2D eigenvalue weighted by Crippen LogP contribution is -2.01. The highest BCUT2D eigenvalue weighted by atomic mass is 16.3. The molecule has 1 aliphatic rings. The smallest absolute Gasteiger partial charge is 0.115 e. The molecule has 1 heteroatoms. The molecule has 2 aromatic carbocycles. The van der Waals surface area contributed by atoms with Crippen molar-refractivity contribution in [2.24, 2.45) is 0 Å². The van der Waals surface area contributed by atoms with Crippen LogP contribution in [0.3, 0.4) is 0 Å². The highest BCUT2D eigenvalue weighted by molar-refractivity contribution is 5.88. The standard InChI is InChI=1S/C17H14O/c1-12-10-15(13-6-8-16(18)9-7-13)11-14-4-2-3-5-17(12)14/h2-10,18H,1,11H2. The van der Waals surface area contributed by atoms with Crippen LogP contribution in [-0.4, -0.2) is 5.11 Å². The first kappa shape index (κ1) is 10.8. The highest BCUT2D eigenvalue weighted by Crippen LogP contribution is 2.33. The van der Waals surface area contributed by atoms with Crippen molar-refractivity contribution in [3.63, 3.8) is 0 Å². The number of fused-ring (bicyclic) bond motifs is 1. The largest absolute Gasteiger partial charge is 0.508 e. The Kier molecular flexibility index (Phi) is 2.52. The third kappa shape index (κ3) is 1.84. The van der Waals surface area contributed by atoms with Crippen molar-refractivity contribution in [3.05, 3.63) is 77.9 Å². The van der Waals surface area contributed by atoms with Gasteiger partial charge in [-0.1, -0.05) is 49.1 Å². The van der Waals surface area contributed by atoms with E-state index in [-0.39, 0.29) is 0 Å². The second-order valence-corrected chi connectivity index (χ2v) is 4.58. The molecule has 0 fully saturated rings. The number of aromatic hydroxyl groups is 1. The third-order valence-electron chi connectivity index (χ3n) is 3.33. The minimum Gasteiger partial charge on any atom is -0.508 e. The third-order valence-corrected chi connectivity index (χ3v) is 3.33. The Morgan fingerprint density at radius 1 is 0.944 bits per heavy atom. The summed E-state index contributed by atoms with van der Waals surface area (Å²) < 4.78 is 0. The average Bonchev–Trinajstić information content (AvgIpc) is 2.39. The van der Waals surface area contributed by atoms with E-state index in [9.17, 15) is 5.11 Å². The van der Waals surface area contributed by atoms with E-state index in [1.54, 1.807) is 12.1 Å². The fraction of sp³-hybridized carbons (Fsp3) is 0.0588. The molecule has 1 nitrogen and oxygen atoms in total. The Morgan fingerprint density at radius 2 is 1.67 bits per heavy atom. The molecule has 0 saturated heterocycles. The average molecular weight is 234 g/mol. The molecule has 0 aliphatic heterocycles. The van der Waals surface area contributed by atoms with E-state index in [4.69, 9.17) is 0 Å². The number of phenols is 1. The molecular weight excluding hydrogens is 220 g/mol. The number of hydrogen-bond donors (Lipinski definition) is 1. The van der Waals surface area contributed by atoms with Crippen LogP contribution in [0.1, 0.15) is 16.7 Å². The molecule has 0 aromatic heterocycles. The van der Waals surface area contributed by atoms with Crippen molar-refractivity contribution >= 4 is 11.1 Å². The summed E-state index contributed by atoms with van der Waals surface area (Å²) in [5.41, 5.74) is 6.00. The van der Waals surface area contributed by atoms with Crippen molar-refractivity contribution in [1.29, 1.82) is 0 Å². The second-order valence-electron chi connectivity index (χ2n) is 4.58. The summed E-state index contributed by atoms with van der Waals surface area (Å²) in [4.78, 5) is 0. The van der Waals surface area contributed by atoms with Crippen LogP contribution in [0.2, 0.25) is 0 Å². The minimum absolute atomic E-state index is 0.300. The molecule has 0 unspecified atom stereocenters.